The molecule has 0 amide bonds. The first-order valence-corrected chi connectivity index (χ1v) is 10.3. The van der Waals surface area contributed by atoms with Crippen LogP contribution in [0, 0.1) is 5.92 Å². The third kappa shape index (κ3) is 9.30. The van der Waals surface area contributed by atoms with Crippen molar-refractivity contribution in [2.75, 3.05) is 53.4 Å². The number of aliphatic imine (C=N–C) groups is 1. The third-order valence-electron chi connectivity index (χ3n) is 5.11. The van der Waals surface area contributed by atoms with E-state index in [1.54, 1.807) is 21.1 Å². The maximum absolute atomic E-state index is 12.7. The highest BCUT2D eigenvalue weighted by molar-refractivity contribution is 14.0. The second-order valence-electron chi connectivity index (χ2n) is 7.55. The summed E-state index contributed by atoms with van der Waals surface area (Å²) in [7, 11) is 3.31. The van der Waals surface area contributed by atoms with Gasteiger partial charge >= 0.3 is 6.18 Å². The van der Waals surface area contributed by atoms with Crippen LogP contribution < -0.4 is 14.8 Å². The maximum Gasteiger partial charge on any atom is 0.401 e. The Labute approximate surface area is 200 Å². The van der Waals surface area contributed by atoms with Crippen LogP contribution in [0.2, 0.25) is 0 Å². The van der Waals surface area contributed by atoms with Crippen LogP contribution in [0.25, 0.3) is 0 Å². The highest BCUT2D eigenvalue weighted by Gasteiger charge is 2.33. The van der Waals surface area contributed by atoms with Crippen LogP contribution in [0.1, 0.15) is 20.3 Å². The van der Waals surface area contributed by atoms with Crippen LogP contribution in [-0.4, -0.2) is 81.5 Å². The Morgan fingerprint density at radius 1 is 1.32 bits per heavy atom. The average molecular weight is 558 g/mol. The van der Waals surface area contributed by atoms with Gasteiger partial charge in [0.1, 0.15) is 6.10 Å². The van der Waals surface area contributed by atoms with E-state index in [1.807, 2.05) is 31.2 Å². The molecule has 0 aliphatic carbocycles. The van der Waals surface area contributed by atoms with Gasteiger partial charge in [-0.05, 0) is 37.9 Å². The summed E-state index contributed by atoms with van der Waals surface area (Å²) >= 11 is 0. The number of methoxy groups -OCH3 is 1. The highest BCUT2D eigenvalue weighted by Crippen LogP contribution is 2.26. The Morgan fingerprint density at radius 2 is 2.00 bits per heavy atom. The fraction of sp³-hybridized carbons (Fsp3) is 0.667. The van der Waals surface area contributed by atoms with Gasteiger partial charge in [-0.1, -0.05) is 19.1 Å². The molecule has 1 saturated heterocycles. The Morgan fingerprint density at radius 3 is 2.58 bits per heavy atom. The largest absolute Gasteiger partial charge is 0.493 e. The van der Waals surface area contributed by atoms with Crippen molar-refractivity contribution in [3.8, 4) is 11.5 Å². The van der Waals surface area contributed by atoms with E-state index < -0.39 is 12.7 Å². The summed E-state index contributed by atoms with van der Waals surface area (Å²) in [6, 6.07) is 7.47. The number of ether oxygens (including phenoxy) is 2. The van der Waals surface area contributed by atoms with Crippen LogP contribution >= 0.6 is 24.0 Å². The highest BCUT2D eigenvalue weighted by atomic mass is 127. The minimum absolute atomic E-state index is 0. The molecular formula is C21H34F3IN4O2. The molecule has 1 N–H and O–H groups in total. The molecule has 2 atom stereocenters. The number of halogens is 4. The van der Waals surface area contributed by atoms with Crippen LogP contribution in [0.4, 0.5) is 13.2 Å². The van der Waals surface area contributed by atoms with Gasteiger partial charge in [-0.2, -0.15) is 13.2 Å². The van der Waals surface area contributed by atoms with Crippen LogP contribution in [0.5, 0.6) is 11.5 Å². The molecule has 0 radical (unpaired) electrons. The summed E-state index contributed by atoms with van der Waals surface area (Å²) in [5.41, 5.74) is 0. The standard InChI is InChI=1S/C21H33F3N4O2.HI/c1-5-27(15-21(22,23)24)13-17-10-11-28(14-17)20(25-3)26-12-16(2)30-19-9-7-6-8-18(19)29-4;/h6-9,16-17H,5,10-15H2,1-4H3,(H,25,26);1H. The molecule has 1 aromatic carbocycles. The molecular weight excluding hydrogens is 524 g/mol. The van der Waals surface area contributed by atoms with Crippen molar-refractivity contribution in [2.24, 2.45) is 10.9 Å². The van der Waals surface area contributed by atoms with Crippen LogP contribution in [0.15, 0.2) is 29.3 Å². The number of hydrogen-bond acceptors (Lipinski definition) is 4. The van der Waals surface area contributed by atoms with Crippen molar-refractivity contribution in [2.45, 2.75) is 32.5 Å². The molecule has 2 unspecified atom stereocenters. The zero-order valence-corrected chi connectivity index (χ0v) is 20.9. The van der Waals surface area contributed by atoms with E-state index in [-0.39, 0.29) is 36.0 Å². The predicted octanol–water partition coefficient (Wildman–Crippen LogP) is 3.86. The van der Waals surface area contributed by atoms with Crippen LogP contribution in [0.3, 0.4) is 0 Å². The maximum atomic E-state index is 12.7. The van der Waals surface area contributed by atoms with Gasteiger partial charge < -0.3 is 19.7 Å². The molecule has 10 heteroatoms. The lowest BCUT2D eigenvalue weighted by Gasteiger charge is -2.26. The normalized spacial score (nSPS) is 18.0. The van der Waals surface area contributed by atoms with Gasteiger partial charge in [0.15, 0.2) is 17.5 Å². The zero-order chi connectivity index (χ0) is 22.1. The minimum atomic E-state index is -4.16. The van der Waals surface area contributed by atoms with Gasteiger partial charge in [0.25, 0.3) is 0 Å². The fourth-order valence-corrected chi connectivity index (χ4v) is 3.64. The third-order valence-corrected chi connectivity index (χ3v) is 5.11. The first-order chi connectivity index (χ1) is 14.3. The van der Waals surface area contributed by atoms with Crippen LogP contribution in [-0.2, 0) is 0 Å². The molecule has 1 heterocycles. The Balaban J connectivity index is 0.00000480. The van der Waals surface area contributed by atoms with Gasteiger partial charge in [-0.15, -0.1) is 24.0 Å². The lowest BCUT2D eigenvalue weighted by atomic mass is 10.1. The van der Waals surface area contributed by atoms with Gasteiger partial charge in [-0.3, -0.25) is 9.89 Å². The van der Waals surface area contributed by atoms with Gasteiger partial charge in [-0.25, -0.2) is 0 Å². The predicted molar refractivity (Wildman–Crippen MR) is 128 cm³/mol. The molecule has 0 aromatic heterocycles. The van der Waals surface area contributed by atoms with Crippen molar-refractivity contribution >= 4 is 29.9 Å². The number of hydrogen-bond donors (Lipinski definition) is 1. The van der Waals surface area contributed by atoms with E-state index in [9.17, 15) is 13.2 Å². The number of para-hydroxylation sites is 2. The summed E-state index contributed by atoms with van der Waals surface area (Å²) < 4.78 is 49.4. The van der Waals surface area contributed by atoms with E-state index in [2.05, 4.69) is 15.2 Å². The first-order valence-electron chi connectivity index (χ1n) is 10.3. The minimum Gasteiger partial charge on any atom is -0.493 e. The summed E-state index contributed by atoms with van der Waals surface area (Å²) in [5, 5.41) is 3.31. The molecule has 0 spiro atoms. The molecule has 1 aliphatic heterocycles. The van der Waals surface area contributed by atoms with Gasteiger partial charge in [0.05, 0.1) is 20.2 Å². The Kier molecular flexibility index (Phi) is 11.7. The summed E-state index contributed by atoms with van der Waals surface area (Å²) in [5.74, 6) is 2.28. The van der Waals surface area contributed by atoms with Crippen molar-refractivity contribution < 1.29 is 22.6 Å². The van der Waals surface area contributed by atoms with Crippen molar-refractivity contribution in [1.29, 1.82) is 0 Å². The van der Waals surface area contributed by atoms with Crippen molar-refractivity contribution in [1.82, 2.24) is 15.1 Å². The van der Waals surface area contributed by atoms with Crippen molar-refractivity contribution in [3.63, 3.8) is 0 Å². The Bertz CT molecular complexity index is 691. The SMILES string of the molecule is CCN(CC1CCN(C(=NC)NCC(C)Oc2ccccc2OC)C1)CC(F)(F)F.I. The lowest BCUT2D eigenvalue weighted by molar-refractivity contribution is -0.146. The number of likely N-dealkylation sites (tertiary alicyclic amines) is 1. The average Bonchev–Trinajstić information content (AvgIpc) is 3.15. The van der Waals surface area contributed by atoms with E-state index >= 15 is 0 Å². The summed E-state index contributed by atoms with van der Waals surface area (Å²) in [4.78, 5) is 7.90. The number of nitrogens with zero attached hydrogens (tertiary/aromatic N) is 3. The van der Waals surface area contributed by atoms with Crippen molar-refractivity contribution in [3.05, 3.63) is 24.3 Å². The molecule has 0 bridgehead atoms. The summed E-state index contributed by atoms with van der Waals surface area (Å²) in [6.45, 7) is 5.70. The molecule has 2 rings (SSSR count). The zero-order valence-electron chi connectivity index (χ0n) is 18.6. The Hall–Kier alpha value is -1.43. The molecule has 1 fully saturated rings. The topological polar surface area (TPSA) is 49.3 Å². The lowest BCUT2D eigenvalue weighted by Crippen LogP contribution is -2.44. The number of guanidine groups is 1. The second kappa shape index (κ2) is 13.2. The molecule has 0 saturated carbocycles. The molecule has 1 aliphatic rings. The van der Waals surface area contributed by atoms with E-state index in [0.29, 0.717) is 37.7 Å². The monoisotopic (exact) mass is 558 g/mol. The van der Waals surface area contributed by atoms with E-state index in [1.165, 1.54) is 4.90 Å². The second-order valence-corrected chi connectivity index (χ2v) is 7.55. The first kappa shape index (κ1) is 27.6. The van der Waals surface area contributed by atoms with Gasteiger partial charge in [0.2, 0.25) is 0 Å². The smallest absolute Gasteiger partial charge is 0.401 e. The molecule has 178 valence electrons. The van der Waals surface area contributed by atoms with Gasteiger partial charge in [0, 0.05) is 26.7 Å². The quantitative estimate of drug-likeness (QED) is 0.284. The molecule has 6 nitrogen and oxygen atoms in total. The van der Waals surface area contributed by atoms with E-state index in [4.69, 9.17) is 9.47 Å². The number of alkyl halides is 3. The molecule has 31 heavy (non-hydrogen) atoms. The fourth-order valence-electron chi connectivity index (χ4n) is 3.64. The summed E-state index contributed by atoms with van der Waals surface area (Å²) in [6.07, 6.45) is -3.44. The molecule has 1 aromatic rings. The number of rotatable bonds is 9. The number of nitrogens with one attached hydrogen (secondary N) is 1. The number of benzene rings is 1. The van der Waals surface area contributed by atoms with E-state index in [0.717, 1.165) is 18.9 Å².